The van der Waals surface area contributed by atoms with Crippen LogP contribution >= 0.6 is 0 Å². The zero-order valence-corrected chi connectivity index (χ0v) is 11.2. The van der Waals surface area contributed by atoms with Gasteiger partial charge in [-0.05, 0) is 19.1 Å². The molecule has 20 heavy (non-hydrogen) atoms. The Labute approximate surface area is 115 Å². The lowest BCUT2D eigenvalue weighted by atomic mass is 10.1. The molecule has 1 saturated heterocycles. The van der Waals surface area contributed by atoms with Crippen LogP contribution in [0.2, 0.25) is 0 Å². The van der Waals surface area contributed by atoms with Crippen molar-refractivity contribution in [2.75, 3.05) is 19.4 Å². The minimum Gasteiger partial charge on any atom is -0.497 e. The quantitative estimate of drug-likeness (QED) is 0.574. The summed E-state index contributed by atoms with van der Waals surface area (Å²) < 4.78 is 5.01. The maximum absolute atomic E-state index is 12.4. The zero-order chi connectivity index (χ0) is 14.9. The van der Waals surface area contributed by atoms with Crippen LogP contribution in [0.1, 0.15) is 17.3 Å². The van der Waals surface area contributed by atoms with Crippen molar-refractivity contribution in [3.63, 3.8) is 0 Å². The first-order chi connectivity index (χ1) is 9.43. The van der Waals surface area contributed by atoms with E-state index in [2.05, 4.69) is 5.32 Å². The van der Waals surface area contributed by atoms with Gasteiger partial charge in [0.2, 0.25) is 11.8 Å². The Balaban J connectivity index is 2.30. The number of nitrogens with one attached hydrogen (secondary N) is 1. The van der Waals surface area contributed by atoms with E-state index in [9.17, 15) is 14.4 Å². The summed E-state index contributed by atoms with van der Waals surface area (Å²) in [7, 11) is 1.49. The number of nitrogen functional groups attached to an aromatic ring is 1. The third-order valence-corrected chi connectivity index (χ3v) is 3.17. The standard InChI is InChI=1S/C13H15N3O4/c1-7-12(18)15-11(17)6-16(7)13(19)9-4-3-8(20-2)5-10(9)14/h3-5,7H,6,14H2,1-2H3,(H,15,17,18). The van der Waals surface area contributed by atoms with E-state index in [1.807, 2.05) is 0 Å². The molecule has 1 unspecified atom stereocenters. The van der Waals surface area contributed by atoms with Crippen LogP contribution in [0.5, 0.6) is 5.75 Å². The predicted molar refractivity (Wildman–Crippen MR) is 71.1 cm³/mol. The van der Waals surface area contributed by atoms with Crippen molar-refractivity contribution in [3.05, 3.63) is 23.8 Å². The Hall–Kier alpha value is -2.57. The fraction of sp³-hybridized carbons (Fsp3) is 0.308. The molecular weight excluding hydrogens is 262 g/mol. The van der Waals surface area contributed by atoms with Crippen molar-refractivity contribution in [1.29, 1.82) is 0 Å². The van der Waals surface area contributed by atoms with Crippen LogP contribution in [0, 0.1) is 0 Å². The number of methoxy groups -OCH3 is 1. The Morgan fingerprint density at radius 1 is 1.45 bits per heavy atom. The van der Waals surface area contributed by atoms with Gasteiger partial charge in [0.05, 0.1) is 12.7 Å². The number of nitrogens with zero attached hydrogens (tertiary/aromatic N) is 1. The normalized spacial score (nSPS) is 18.7. The summed E-state index contributed by atoms with van der Waals surface area (Å²) in [5, 5.41) is 2.18. The number of anilines is 1. The molecule has 1 aromatic rings. The number of piperazine rings is 1. The summed E-state index contributed by atoms with van der Waals surface area (Å²) in [6, 6.07) is 3.91. The van der Waals surface area contributed by atoms with Gasteiger partial charge in [0.15, 0.2) is 0 Å². The fourth-order valence-electron chi connectivity index (χ4n) is 1.98. The van der Waals surface area contributed by atoms with E-state index in [4.69, 9.17) is 10.5 Å². The lowest BCUT2D eigenvalue weighted by Gasteiger charge is -2.31. The molecule has 106 valence electrons. The van der Waals surface area contributed by atoms with Gasteiger partial charge in [0.1, 0.15) is 18.3 Å². The minimum absolute atomic E-state index is 0.169. The molecule has 7 nitrogen and oxygen atoms in total. The van der Waals surface area contributed by atoms with Crippen LogP contribution in [0.25, 0.3) is 0 Å². The molecule has 1 heterocycles. The molecule has 0 saturated carbocycles. The summed E-state index contributed by atoms with van der Waals surface area (Å²) in [4.78, 5) is 36.5. The first-order valence-corrected chi connectivity index (χ1v) is 6.02. The van der Waals surface area contributed by atoms with E-state index in [1.165, 1.54) is 24.1 Å². The molecule has 0 spiro atoms. The smallest absolute Gasteiger partial charge is 0.257 e. The summed E-state index contributed by atoms with van der Waals surface area (Å²) >= 11 is 0. The van der Waals surface area contributed by atoms with Crippen LogP contribution in [0.3, 0.4) is 0 Å². The fourth-order valence-corrected chi connectivity index (χ4v) is 1.98. The second-order valence-corrected chi connectivity index (χ2v) is 4.47. The third-order valence-electron chi connectivity index (χ3n) is 3.17. The SMILES string of the molecule is COc1ccc(C(=O)N2CC(=O)NC(=O)C2C)c(N)c1. The van der Waals surface area contributed by atoms with Crippen molar-refractivity contribution in [2.45, 2.75) is 13.0 Å². The highest BCUT2D eigenvalue weighted by Crippen LogP contribution is 2.22. The second-order valence-electron chi connectivity index (χ2n) is 4.47. The molecule has 0 radical (unpaired) electrons. The van der Waals surface area contributed by atoms with E-state index in [1.54, 1.807) is 13.0 Å². The van der Waals surface area contributed by atoms with Gasteiger partial charge in [0.25, 0.3) is 5.91 Å². The summed E-state index contributed by atoms with van der Waals surface area (Å²) in [6.07, 6.45) is 0. The lowest BCUT2D eigenvalue weighted by Crippen LogP contribution is -2.58. The second kappa shape index (κ2) is 5.20. The number of hydrogen-bond acceptors (Lipinski definition) is 5. The number of carbonyl (C=O) groups excluding carboxylic acids is 3. The Bertz CT molecular complexity index is 585. The Morgan fingerprint density at radius 3 is 2.75 bits per heavy atom. The van der Waals surface area contributed by atoms with E-state index >= 15 is 0 Å². The van der Waals surface area contributed by atoms with Gasteiger partial charge < -0.3 is 15.4 Å². The van der Waals surface area contributed by atoms with Crippen molar-refractivity contribution in [1.82, 2.24) is 10.2 Å². The molecule has 3 N–H and O–H groups in total. The monoisotopic (exact) mass is 277 g/mol. The molecule has 3 amide bonds. The van der Waals surface area contributed by atoms with Crippen molar-refractivity contribution in [2.24, 2.45) is 0 Å². The van der Waals surface area contributed by atoms with E-state index in [0.29, 0.717) is 5.75 Å². The van der Waals surface area contributed by atoms with Gasteiger partial charge in [-0.3, -0.25) is 19.7 Å². The number of hydrogen-bond donors (Lipinski definition) is 2. The van der Waals surface area contributed by atoms with E-state index < -0.39 is 23.8 Å². The number of imide groups is 1. The van der Waals surface area contributed by atoms with Crippen LogP contribution in [0.15, 0.2) is 18.2 Å². The summed E-state index contributed by atoms with van der Waals surface area (Å²) in [5.41, 5.74) is 6.28. The van der Waals surface area contributed by atoms with Gasteiger partial charge >= 0.3 is 0 Å². The predicted octanol–water partition coefficient (Wildman–Crippen LogP) is -0.235. The number of nitrogens with two attached hydrogens (primary N) is 1. The molecule has 0 aromatic heterocycles. The van der Waals surface area contributed by atoms with Gasteiger partial charge in [0, 0.05) is 11.8 Å². The summed E-state index contributed by atoms with van der Waals surface area (Å²) in [5.74, 6) is -0.935. The molecule has 0 aliphatic carbocycles. The van der Waals surface area contributed by atoms with E-state index in [-0.39, 0.29) is 17.8 Å². The van der Waals surface area contributed by atoms with E-state index in [0.717, 1.165) is 0 Å². The van der Waals surface area contributed by atoms with Crippen LogP contribution < -0.4 is 15.8 Å². The number of carbonyl (C=O) groups is 3. The number of rotatable bonds is 2. The molecule has 1 aromatic carbocycles. The zero-order valence-electron chi connectivity index (χ0n) is 11.2. The van der Waals surface area contributed by atoms with Gasteiger partial charge in [-0.1, -0.05) is 0 Å². The topological polar surface area (TPSA) is 102 Å². The van der Waals surface area contributed by atoms with Gasteiger partial charge in [-0.2, -0.15) is 0 Å². The number of amides is 3. The maximum Gasteiger partial charge on any atom is 0.257 e. The molecular formula is C13H15N3O4. The van der Waals surface area contributed by atoms with Crippen molar-refractivity contribution >= 4 is 23.4 Å². The minimum atomic E-state index is -0.721. The highest BCUT2D eigenvalue weighted by atomic mass is 16.5. The van der Waals surface area contributed by atoms with Gasteiger partial charge in [-0.25, -0.2) is 0 Å². The third kappa shape index (κ3) is 2.42. The largest absolute Gasteiger partial charge is 0.497 e. The molecule has 1 fully saturated rings. The maximum atomic E-state index is 12.4. The number of benzene rings is 1. The Kier molecular flexibility index (Phi) is 3.60. The highest BCUT2D eigenvalue weighted by Gasteiger charge is 2.34. The molecule has 1 atom stereocenters. The molecule has 7 heteroatoms. The van der Waals surface area contributed by atoms with Crippen LogP contribution in [0.4, 0.5) is 5.69 Å². The lowest BCUT2D eigenvalue weighted by molar-refractivity contribution is -0.138. The molecule has 0 bridgehead atoms. The average molecular weight is 277 g/mol. The summed E-state index contributed by atoms with van der Waals surface area (Å²) in [6.45, 7) is 1.39. The highest BCUT2D eigenvalue weighted by molar-refractivity contribution is 6.08. The molecule has 2 rings (SSSR count). The van der Waals surface area contributed by atoms with Crippen LogP contribution in [-0.2, 0) is 9.59 Å². The van der Waals surface area contributed by atoms with Crippen molar-refractivity contribution in [3.8, 4) is 5.75 Å². The Morgan fingerprint density at radius 2 is 2.15 bits per heavy atom. The number of ether oxygens (including phenoxy) is 1. The van der Waals surface area contributed by atoms with Crippen molar-refractivity contribution < 1.29 is 19.1 Å². The average Bonchev–Trinajstić information content (AvgIpc) is 2.41. The van der Waals surface area contributed by atoms with Gasteiger partial charge in [-0.15, -0.1) is 0 Å². The first-order valence-electron chi connectivity index (χ1n) is 6.02. The molecule has 1 aliphatic heterocycles. The molecule has 1 aliphatic rings. The van der Waals surface area contributed by atoms with Crippen LogP contribution in [-0.4, -0.2) is 42.3 Å². The first kappa shape index (κ1) is 13.9.